The molecule has 0 heterocycles. The second-order valence-corrected chi connectivity index (χ2v) is 6.27. The number of rotatable bonds is 17. The van der Waals surface area contributed by atoms with E-state index in [-0.39, 0.29) is 11.9 Å². The lowest BCUT2D eigenvalue weighted by Gasteiger charge is -2.39. The first-order valence-electron chi connectivity index (χ1n) is 10.1. The molecule has 1 atom stereocenters. The summed E-state index contributed by atoms with van der Waals surface area (Å²) in [6.45, 7) is 9.56. The van der Waals surface area contributed by atoms with Gasteiger partial charge in [0.15, 0.2) is 0 Å². The molecule has 0 amide bonds. The van der Waals surface area contributed by atoms with Crippen molar-refractivity contribution in [3.63, 3.8) is 0 Å². The number of unbranched alkanes of at least 4 members (excludes halogenated alkanes) is 5. The average Bonchev–Trinajstić information content (AvgIpc) is 2.60. The van der Waals surface area contributed by atoms with Crippen molar-refractivity contribution in [3.8, 4) is 0 Å². The van der Waals surface area contributed by atoms with Gasteiger partial charge in [-0.2, -0.15) is 0 Å². The van der Waals surface area contributed by atoms with E-state index in [1.807, 2.05) is 20.8 Å². The monoisotopic (exact) mass is 360 g/mol. The average molecular weight is 361 g/mol. The lowest BCUT2D eigenvalue weighted by Crippen LogP contribution is -2.47. The van der Waals surface area contributed by atoms with E-state index in [2.05, 4.69) is 6.92 Å². The van der Waals surface area contributed by atoms with E-state index in [0.29, 0.717) is 32.7 Å². The third kappa shape index (κ3) is 10.2. The molecule has 1 unspecified atom stereocenters. The van der Waals surface area contributed by atoms with Crippen LogP contribution in [0.3, 0.4) is 0 Å². The van der Waals surface area contributed by atoms with Gasteiger partial charge in [-0.15, -0.1) is 0 Å². The van der Waals surface area contributed by atoms with Crippen molar-refractivity contribution < 1.29 is 23.7 Å². The standard InChI is InChI=1S/C20H40O5/c1-6-10-11-12-13-14-15-18(16-17-19(21)22-5)20(23-7-2,24-8-3)25-9-4/h18H,6-17H2,1-5H3. The Labute approximate surface area is 154 Å². The molecule has 0 radical (unpaired) electrons. The zero-order chi connectivity index (χ0) is 19.0. The summed E-state index contributed by atoms with van der Waals surface area (Å²) in [5.74, 6) is -1.25. The Morgan fingerprint density at radius 2 is 1.32 bits per heavy atom. The van der Waals surface area contributed by atoms with Crippen molar-refractivity contribution in [1.29, 1.82) is 0 Å². The summed E-state index contributed by atoms with van der Waals surface area (Å²) in [6, 6.07) is 0. The normalized spacial score (nSPS) is 13.0. The molecule has 0 aliphatic heterocycles. The number of ether oxygens (including phenoxy) is 4. The van der Waals surface area contributed by atoms with Crippen LogP contribution in [0.1, 0.15) is 85.5 Å². The van der Waals surface area contributed by atoms with Crippen LogP contribution < -0.4 is 0 Å². The predicted octanol–water partition coefficient (Wildman–Crippen LogP) is 5.07. The summed E-state index contributed by atoms with van der Waals surface area (Å²) in [5.41, 5.74) is 0. The number of esters is 1. The van der Waals surface area contributed by atoms with Crippen molar-refractivity contribution >= 4 is 5.97 Å². The lowest BCUT2D eigenvalue weighted by atomic mass is 9.92. The molecule has 0 fully saturated rings. The van der Waals surface area contributed by atoms with Crippen LogP contribution in [0.15, 0.2) is 0 Å². The summed E-state index contributed by atoms with van der Waals surface area (Å²) < 4.78 is 22.6. The summed E-state index contributed by atoms with van der Waals surface area (Å²) in [4.78, 5) is 11.6. The third-order valence-corrected chi connectivity index (χ3v) is 4.37. The maximum atomic E-state index is 11.6. The van der Waals surface area contributed by atoms with Crippen LogP contribution in [0, 0.1) is 5.92 Å². The van der Waals surface area contributed by atoms with Gasteiger partial charge >= 0.3 is 5.97 Å². The minimum atomic E-state index is -1.06. The topological polar surface area (TPSA) is 54.0 Å². The van der Waals surface area contributed by atoms with Crippen molar-refractivity contribution in [2.24, 2.45) is 5.92 Å². The number of methoxy groups -OCH3 is 1. The van der Waals surface area contributed by atoms with Crippen LogP contribution in [0.5, 0.6) is 0 Å². The highest BCUT2D eigenvalue weighted by Gasteiger charge is 2.41. The zero-order valence-electron chi connectivity index (χ0n) is 17.1. The molecule has 5 heteroatoms. The molecule has 0 bridgehead atoms. The molecule has 0 spiro atoms. The zero-order valence-corrected chi connectivity index (χ0v) is 17.1. The van der Waals surface area contributed by atoms with Gasteiger partial charge < -0.3 is 18.9 Å². The molecule has 0 saturated heterocycles. The van der Waals surface area contributed by atoms with E-state index in [4.69, 9.17) is 18.9 Å². The fraction of sp³-hybridized carbons (Fsp3) is 0.950. The van der Waals surface area contributed by atoms with Gasteiger partial charge in [-0.25, -0.2) is 0 Å². The minimum absolute atomic E-state index is 0.0117. The first kappa shape index (κ1) is 24.4. The van der Waals surface area contributed by atoms with E-state index in [1.165, 1.54) is 39.2 Å². The summed E-state index contributed by atoms with van der Waals surface area (Å²) in [6.07, 6.45) is 9.28. The van der Waals surface area contributed by atoms with Gasteiger partial charge in [0.2, 0.25) is 0 Å². The smallest absolute Gasteiger partial charge is 0.305 e. The number of carbonyl (C=O) groups is 1. The molecular formula is C20H40O5. The minimum Gasteiger partial charge on any atom is -0.469 e. The van der Waals surface area contributed by atoms with Crippen molar-refractivity contribution in [3.05, 3.63) is 0 Å². The Morgan fingerprint density at radius 3 is 1.80 bits per heavy atom. The van der Waals surface area contributed by atoms with Crippen LogP contribution >= 0.6 is 0 Å². The van der Waals surface area contributed by atoms with Gasteiger partial charge in [0.05, 0.1) is 7.11 Å². The number of carbonyl (C=O) groups excluding carboxylic acids is 1. The van der Waals surface area contributed by atoms with Crippen LogP contribution in [0.2, 0.25) is 0 Å². The molecule has 0 aromatic heterocycles. The van der Waals surface area contributed by atoms with Crippen molar-refractivity contribution in [2.75, 3.05) is 26.9 Å². The van der Waals surface area contributed by atoms with E-state index in [1.54, 1.807) is 0 Å². The Bertz CT molecular complexity index is 302. The predicted molar refractivity (Wildman–Crippen MR) is 100 cm³/mol. The van der Waals surface area contributed by atoms with Gasteiger partial charge in [0.25, 0.3) is 5.97 Å². The number of hydrogen-bond acceptors (Lipinski definition) is 5. The molecular weight excluding hydrogens is 320 g/mol. The van der Waals surface area contributed by atoms with Crippen LogP contribution in [0.4, 0.5) is 0 Å². The molecule has 0 saturated carbocycles. The molecule has 0 N–H and O–H groups in total. The largest absolute Gasteiger partial charge is 0.469 e. The quantitative estimate of drug-likeness (QED) is 0.206. The lowest BCUT2D eigenvalue weighted by molar-refractivity contribution is -0.403. The SMILES string of the molecule is CCCCCCCCC(CCC(=O)OC)C(OCC)(OCC)OCC. The Hall–Kier alpha value is -0.650. The van der Waals surface area contributed by atoms with E-state index < -0.39 is 5.97 Å². The Balaban J connectivity index is 4.90. The van der Waals surface area contributed by atoms with E-state index in [9.17, 15) is 4.79 Å². The number of hydrogen-bond donors (Lipinski definition) is 0. The second kappa shape index (κ2) is 15.6. The van der Waals surface area contributed by atoms with E-state index >= 15 is 0 Å². The molecule has 0 aromatic carbocycles. The molecule has 25 heavy (non-hydrogen) atoms. The highest BCUT2D eigenvalue weighted by Crippen LogP contribution is 2.34. The first-order valence-corrected chi connectivity index (χ1v) is 10.1. The third-order valence-electron chi connectivity index (χ3n) is 4.37. The molecule has 5 nitrogen and oxygen atoms in total. The highest BCUT2D eigenvalue weighted by atomic mass is 16.9. The maximum absolute atomic E-state index is 11.6. The summed E-state index contributed by atoms with van der Waals surface area (Å²) in [7, 11) is 1.42. The Kier molecular flexibility index (Phi) is 15.2. The van der Waals surface area contributed by atoms with Gasteiger partial charge in [-0.3, -0.25) is 4.79 Å². The second-order valence-electron chi connectivity index (χ2n) is 6.27. The molecule has 0 aliphatic carbocycles. The molecule has 0 aromatic rings. The first-order chi connectivity index (χ1) is 12.1. The fourth-order valence-corrected chi connectivity index (χ4v) is 3.15. The van der Waals surface area contributed by atoms with Gasteiger partial charge in [-0.1, -0.05) is 45.4 Å². The Morgan fingerprint density at radius 1 is 0.800 bits per heavy atom. The highest BCUT2D eigenvalue weighted by molar-refractivity contribution is 5.69. The molecule has 150 valence electrons. The maximum Gasteiger partial charge on any atom is 0.305 e. The van der Waals surface area contributed by atoms with Crippen LogP contribution in [-0.4, -0.2) is 38.9 Å². The molecule has 0 rings (SSSR count). The van der Waals surface area contributed by atoms with Crippen molar-refractivity contribution in [1.82, 2.24) is 0 Å². The summed E-state index contributed by atoms with van der Waals surface area (Å²) >= 11 is 0. The van der Waals surface area contributed by atoms with Gasteiger partial charge in [0, 0.05) is 32.2 Å². The van der Waals surface area contributed by atoms with Crippen LogP contribution in [-0.2, 0) is 23.7 Å². The van der Waals surface area contributed by atoms with E-state index in [0.717, 1.165) is 12.8 Å². The summed E-state index contributed by atoms with van der Waals surface area (Å²) in [5, 5.41) is 0. The fourth-order valence-electron chi connectivity index (χ4n) is 3.15. The molecule has 0 aliphatic rings. The van der Waals surface area contributed by atoms with Crippen molar-refractivity contribution in [2.45, 2.75) is 91.5 Å². The van der Waals surface area contributed by atoms with Gasteiger partial charge in [-0.05, 0) is 33.6 Å². The van der Waals surface area contributed by atoms with Crippen LogP contribution in [0.25, 0.3) is 0 Å². The van der Waals surface area contributed by atoms with Gasteiger partial charge in [0.1, 0.15) is 0 Å².